The molecule has 5 nitrogen and oxygen atoms in total. The van der Waals surface area contributed by atoms with Crippen LogP contribution in [0.15, 0.2) is 48.5 Å². The first-order chi connectivity index (χ1) is 10.1. The molecule has 2 aromatic carbocycles. The highest BCUT2D eigenvalue weighted by Gasteiger charge is 2.10. The Balaban J connectivity index is 1.97. The Labute approximate surface area is 120 Å². The van der Waals surface area contributed by atoms with Gasteiger partial charge in [0.1, 0.15) is 11.6 Å². The summed E-state index contributed by atoms with van der Waals surface area (Å²) < 4.78 is 18.6. The van der Waals surface area contributed by atoms with Crippen molar-refractivity contribution in [1.82, 2.24) is 0 Å². The highest BCUT2D eigenvalue weighted by atomic mass is 19.1. The fourth-order valence-corrected chi connectivity index (χ4v) is 1.65. The van der Waals surface area contributed by atoms with Gasteiger partial charge in [-0.25, -0.2) is 4.39 Å². The SMILES string of the molecule is NC(=O)c1cc(NC(=O)COc2ccccc2)ccc1F. The number of hydrogen-bond donors (Lipinski definition) is 2. The van der Waals surface area contributed by atoms with Crippen LogP contribution >= 0.6 is 0 Å². The van der Waals surface area contributed by atoms with Gasteiger partial charge < -0.3 is 15.8 Å². The summed E-state index contributed by atoms with van der Waals surface area (Å²) >= 11 is 0. The summed E-state index contributed by atoms with van der Waals surface area (Å²) in [6.07, 6.45) is 0. The van der Waals surface area contributed by atoms with E-state index in [1.807, 2.05) is 6.07 Å². The summed E-state index contributed by atoms with van der Waals surface area (Å²) in [6.45, 7) is -0.201. The van der Waals surface area contributed by atoms with Crippen LogP contribution in [0, 0.1) is 5.82 Å². The quantitative estimate of drug-likeness (QED) is 0.882. The van der Waals surface area contributed by atoms with Crippen LogP contribution in [0.4, 0.5) is 10.1 Å². The van der Waals surface area contributed by atoms with E-state index in [0.717, 1.165) is 6.07 Å². The number of rotatable bonds is 5. The van der Waals surface area contributed by atoms with Gasteiger partial charge in [0.05, 0.1) is 5.56 Å². The number of nitrogens with two attached hydrogens (primary N) is 1. The molecule has 0 atom stereocenters. The maximum absolute atomic E-state index is 13.3. The molecule has 2 rings (SSSR count). The van der Waals surface area contributed by atoms with Crippen molar-refractivity contribution in [3.8, 4) is 5.75 Å². The normalized spacial score (nSPS) is 9.95. The summed E-state index contributed by atoms with van der Waals surface area (Å²) in [7, 11) is 0. The fourth-order valence-electron chi connectivity index (χ4n) is 1.65. The van der Waals surface area contributed by atoms with Crippen molar-refractivity contribution >= 4 is 17.5 Å². The molecule has 0 bridgehead atoms. The second kappa shape index (κ2) is 6.51. The number of hydrogen-bond acceptors (Lipinski definition) is 3. The van der Waals surface area contributed by atoms with Gasteiger partial charge in [0.15, 0.2) is 6.61 Å². The Hall–Kier alpha value is -2.89. The minimum Gasteiger partial charge on any atom is -0.484 e. The van der Waals surface area contributed by atoms with Crippen molar-refractivity contribution in [2.24, 2.45) is 5.73 Å². The number of ether oxygens (including phenoxy) is 1. The predicted molar refractivity (Wildman–Crippen MR) is 75.5 cm³/mol. The van der Waals surface area contributed by atoms with E-state index in [0.29, 0.717) is 5.75 Å². The average Bonchev–Trinajstić information content (AvgIpc) is 2.48. The van der Waals surface area contributed by atoms with Gasteiger partial charge in [0.2, 0.25) is 0 Å². The van der Waals surface area contributed by atoms with Gasteiger partial charge in [-0.05, 0) is 30.3 Å². The van der Waals surface area contributed by atoms with Gasteiger partial charge in [-0.2, -0.15) is 0 Å². The van der Waals surface area contributed by atoms with E-state index in [2.05, 4.69) is 5.32 Å². The number of benzene rings is 2. The molecule has 21 heavy (non-hydrogen) atoms. The topological polar surface area (TPSA) is 81.4 Å². The number of anilines is 1. The zero-order valence-electron chi connectivity index (χ0n) is 11.0. The molecule has 2 amide bonds. The lowest BCUT2D eigenvalue weighted by molar-refractivity contribution is -0.118. The van der Waals surface area contributed by atoms with Crippen molar-refractivity contribution in [3.05, 3.63) is 59.9 Å². The number of para-hydroxylation sites is 1. The van der Waals surface area contributed by atoms with Crippen LogP contribution < -0.4 is 15.8 Å². The molecule has 0 heterocycles. The second-order valence-corrected chi connectivity index (χ2v) is 4.21. The van der Waals surface area contributed by atoms with Gasteiger partial charge in [0.25, 0.3) is 11.8 Å². The lowest BCUT2D eigenvalue weighted by Crippen LogP contribution is -2.21. The van der Waals surface area contributed by atoms with E-state index in [1.54, 1.807) is 24.3 Å². The Morgan fingerprint density at radius 1 is 1.14 bits per heavy atom. The zero-order chi connectivity index (χ0) is 15.2. The van der Waals surface area contributed by atoms with Crippen LogP contribution in [0.3, 0.4) is 0 Å². The molecule has 6 heteroatoms. The van der Waals surface area contributed by atoms with Crippen LogP contribution in [-0.2, 0) is 4.79 Å². The fraction of sp³-hybridized carbons (Fsp3) is 0.0667. The minimum atomic E-state index is -0.899. The molecule has 0 spiro atoms. The summed E-state index contributed by atoms with van der Waals surface area (Å²) in [5.74, 6) is -1.50. The van der Waals surface area contributed by atoms with Gasteiger partial charge >= 0.3 is 0 Å². The van der Waals surface area contributed by atoms with Gasteiger partial charge in [-0.1, -0.05) is 18.2 Å². The summed E-state index contributed by atoms with van der Waals surface area (Å²) in [6, 6.07) is 12.4. The maximum atomic E-state index is 13.3. The molecule has 0 fully saturated rings. The van der Waals surface area contributed by atoms with E-state index in [1.165, 1.54) is 12.1 Å². The molecule has 3 N–H and O–H groups in total. The second-order valence-electron chi connectivity index (χ2n) is 4.21. The zero-order valence-corrected chi connectivity index (χ0v) is 11.0. The van der Waals surface area contributed by atoms with E-state index in [4.69, 9.17) is 10.5 Å². The standard InChI is InChI=1S/C15H13FN2O3/c16-13-7-6-10(8-12(13)15(17)20)18-14(19)9-21-11-4-2-1-3-5-11/h1-8H,9H2,(H2,17,20)(H,18,19). The summed E-state index contributed by atoms with van der Waals surface area (Å²) in [4.78, 5) is 22.7. The molecular formula is C15H13FN2O3. The number of carbonyl (C=O) groups excluding carboxylic acids is 2. The van der Waals surface area contributed by atoms with Gasteiger partial charge in [0, 0.05) is 5.69 Å². The Morgan fingerprint density at radius 3 is 2.52 bits per heavy atom. The largest absolute Gasteiger partial charge is 0.484 e. The van der Waals surface area contributed by atoms with Crippen molar-refractivity contribution in [3.63, 3.8) is 0 Å². The first kappa shape index (κ1) is 14.5. The first-order valence-corrected chi connectivity index (χ1v) is 6.13. The van der Waals surface area contributed by atoms with E-state index in [-0.39, 0.29) is 17.9 Å². The smallest absolute Gasteiger partial charge is 0.262 e. The molecule has 0 aliphatic heterocycles. The van der Waals surface area contributed by atoms with Crippen molar-refractivity contribution < 1.29 is 18.7 Å². The molecule has 0 saturated heterocycles. The number of amides is 2. The molecule has 2 aromatic rings. The van der Waals surface area contributed by atoms with Crippen LogP contribution in [0.25, 0.3) is 0 Å². The van der Waals surface area contributed by atoms with Crippen LogP contribution in [0.2, 0.25) is 0 Å². The van der Waals surface area contributed by atoms with Crippen LogP contribution in [-0.4, -0.2) is 18.4 Å². The van der Waals surface area contributed by atoms with Gasteiger partial charge in [-0.3, -0.25) is 9.59 Å². The first-order valence-electron chi connectivity index (χ1n) is 6.13. The third-order valence-corrected chi connectivity index (χ3v) is 2.63. The number of carbonyl (C=O) groups is 2. The third kappa shape index (κ3) is 4.04. The highest BCUT2D eigenvalue weighted by Crippen LogP contribution is 2.14. The lowest BCUT2D eigenvalue weighted by Gasteiger charge is -2.08. The molecule has 0 aromatic heterocycles. The molecule has 0 saturated carbocycles. The Bertz CT molecular complexity index is 659. The summed E-state index contributed by atoms with van der Waals surface area (Å²) in [5.41, 5.74) is 5.02. The monoisotopic (exact) mass is 288 g/mol. The third-order valence-electron chi connectivity index (χ3n) is 2.63. The maximum Gasteiger partial charge on any atom is 0.262 e. The van der Waals surface area contributed by atoms with Crippen LogP contribution in [0.1, 0.15) is 10.4 Å². The van der Waals surface area contributed by atoms with Crippen molar-refractivity contribution in [2.75, 3.05) is 11.9 Å². The van der Waals surface area contributed by atoms with E-state index in [9.17, 15) is 14.0 Å². The lowest BCUT2D eigenvalue weighted by atomic mass is 10.2. The Morgan fingerprint density at radius 2 is 1.86 bits per heavy atom. The average molecular weight is 288 g/mol. The molecular weight excluding hydrogens is 275 g/mol. The van der Waals surface area contributed by atoms with Gasteiger partial charge in [-0.15, -0.1) is 0 Å². The predicted octanol–water partition coefficient (Wildman–Crippen LogP) is 1.94. The molecule has 0 unspecified atom stereocenters. The van der Waals surface area contributed by atoms with Crippen molar-refractivity contribution in [2.45, 2.75) is 0 Å². The molecule has 108 valence electrons. The van der Waals surface area contributed by atoms with Crippen LogP contribution in [0.5, 0.6) is 5.75 Å². The number of nitrogens with one attached hydrogen (secondary N) is 1. The van der Waals surface area contributed by atoms with Crippen molar-refractivity contribution in [1.29, 1.82) is 0 Å². The summed E-state index contributed by atoms with van der Waals surface area (Å²) in [5, 5.41) is 2.50. The number of primary amides is 1. The highest BCUT2D eigenvalue weighted by molar-refractivity contribution is 5.96. The minimum absolute atomic E-state index is 0.201. The van der Waals surface area contributed by atoms with E-state index >= 15 is 0 Å². The molecule has 0 radical (unpaired) electrons. The molecule has 0 aliphatic rings. The molecule has 0 aliphatic carbocycles. The van der Waals surface area contributed by atoms with E-state index < -0.39 is 17.6 Å². The number of halogens is 1. The Kier molecular flexibility index (Phi) is 4.50.